The first-order valence-electron chi connectivity index (χ1n) is 8.08. The quantitative estimate of drug-likeness (QED) is 0.666. The van der Waals surface area contributed by atoms with Crippen molar-refractivity contribution in [3.05, 3.63) is 82.8 Å². The fourth-order valence-corrected chi connectivity index (χ4v) is 2.59. The smallest absolute Gasteiger partial charge is 0.270 e. The van der Waals surface area contributed by atoms with Gasteiger partial charge in [-0.15, -0.1) is 0 Å². The fraction of sp³-hybridized carbons (Fsp3) is 0.105. The zero-order valence-corrected chi connectivity index (χ0v) is 14.8. The third-order valence-corrected chi connectivity index (χ3v) is 3.92. The largest absolute Gasteiger partial charge is 0.350 e. The van der Waals surface area contributed by atoms with Crippen LogP contribution in [0.1, 0.15) is 16.1 Å². The second kappa shape index (κ2) is 8.55. The highest BCUT2D eigenvalue weighted by atomic mass is 35.5. The van der Waals surface area contributed by atoms with Crippen molar-refractivity contribution in [3.8, 4) is 0 Å². The van der Waals surface area contributed by atoms with Gasteiger partial charge in [0, 0.05) is 29.4 Å². The molecule has 0 aliphatic carbocycles. The molecule has 0 saturated heterocycles. The number of carbonyl (C=O) groups is 1. The van der Waals surface area contributed by atoms with Gasteiger partial charge in [-0.2, -0.15) is 0 Å². The average Bonchev–Trinajstić information content (AvgIpc) is 2.65. The molecule has 1 heterocycles. The molecule has 8 heteroatoms. The maximum absolute atomic E-state index is 13.3. The lowest BCUT2D eigenvalue weighted by Crippen LogP contribution is -2.26. The Balaban J connectivity index is 1.60. The van der Waals surface area contributed by atoms with E-state index in [9.17, 15) is 13.6 Å². The van der Waals surface area contributed by atoms with E-state index in [0.717, 1.165) is 17.7 Å². The monoisotopic (exact) mass is 388 g/mol. The summed E-state index contributed by atoms with van der Waals surface area (Å²) in [5.41, 5.74) is 1.47. The highest BCUT2D eigenvalue weighted by Gasteiger charge is 2.09. The van der Waals surface area contributed by atoms with Crippen LogP contribution in [0.2, 0.25) is 5.02 Å². The van der Waals surface area contributed by atoms with Gasteiger partial charge in [0.05, 0.1) is 0 Å². The predicted octanol–water partition coefficient (Wildman–Crippen LogP) is 4.12. The summed E-state index contributed by atoms with van der Waals surface area (Å²) >= 11 is 5.93. The van der Waals surface area contributed by atoms with E-state index in [1.807, 2.05) is 18.2 Å². The standard InChI is InChI=1S/C19H15ClF2N4O/c20-13-3-1-2-12(8-13)6-7-23-19(27)17-10-18(25-11-24-17)26-14-4-5-15(21)16(22)9-14/h1-5,8-11H,6-7H2,(H,23,27)(H,24,25,26). The summed E-state index contributed by atoms with van der Waals surface area (Å²) in [4.78, 5) is 20.1. The number of rotatable bonds is 6. The van der Waals surface area contributed by atoms with Gasteiger partial charge in [0.1, 0.15) is 17.8 Å². The minimum Gasteiger partial charge on any atom is -0.350 e. The highest BCUT2D eigenvalue weighted by Crippen LogP contribution is 2.17. The molecule has 3 rings (SSSR count). The van der Waals surface area contributed by atoms with Gasteiger partial charge in [0.2, 0.25) is 0 Å². The normalized spacial score (nSPS) is 10.5. The van der Waals surface area contributed by atoms with Crippen molar-refractivity contribution in [2.75, 3.05) is 11.9 Å². The minimum absolute atomic E-state index is 0.154. The third kappa shape index (κ3) is 5.21. The van der Waals surface area contributed by atoms with Gasteiger partial charge in [-0.25, -0.2) is 18.7 Å². The topological polar surface area (TPSA) is 66.9 Å². The van der Waals surface area contributed by atoms with Crippen molar-refractivity contribution < 1.29 is 13.6 Å². The maximum atomic E-state index is 13.3. The van der Waals surface area contributed by atoms with E-state index in [-0.39, 0.29) is 17.4 Å². The minimum atomic E-state index is -0.979. The number of amides is 1. The van der Waals surface area contributed by atoms with Crippen molar-refractivity contribution in [1.29, 1.82) is 0 Å². The van der Waals surface area contributed by atoms with E-state index in [1.165, 1.54) is 18.5 Å². The molecule has 5 nitrogen and oxygen atoms in total. The zero-order valence-electron chi connectivity index (χ0n) is 14.0. The first-order chi connectivity index (χ1) is 13.0. The number of aromatic nitrogens is 2. The van der Waals surface area contributed by atoms with Gasteiger partial charge in [0.15, 0.2) is 11.6 Å². The Labute approximate surface area is 159 Å². The molecule has 27 heavy (non-hydrogen) atoms. The molecule has 0 saturated carbocycles. The van der Waals surface area contributed by atoms with Crippen LogP contribution in [0.15, 0.2) is 54.9 Å². The van der Waals surface area contributed by atoms with E-state index in [0.29, 0.717) is 23.7 Å². The van der Waals surface area contributed by atoms with Gasteiger partial charge in [-0.1, -0.05) is 23.7 Å². The average molecular weight is 389 g/mol. The van der Waals surface area contributed by atoms with E-state index in [2.05, 4.69) is 20.6 Å². The molecule has 0 fully saturated rings. The Bertz CT molecular complexity index is 968. The van der Waals surface area contributed by atoms with Crippen LogP contribution in [0.5, 0.6) is 0 Å². The van der Waals surface area contributed by atoms with Crippen LogP contribution in [0, 0.1) is 11.6 Å². The second-order valence-electron chi connectivity index (χ2n) is 5.68. The second-order valence-corrected chi connectivity index (χ2v) is 6.11. The SMILES string of the molecule is O=C(NCCc1cccc(Cl)c1)c1cc(Nc2ccc(F)c(F)c2)ncn1. The van der Waals surface area contributed by atoms with Gasteiger partial charge >= 0.3 is 0 Å². The molecule has 1 aromatic heterocycles. The molecule has 0 atom stereocenters. The van der Waals surface area contributed by atoms with Gasteiger partial charge in [0.25, 0.3) is 5.91 Å². The highest BCUT2D eigenvalue weighted by molar-refractivity contribution is 6.30. The molecule has 2 aromatic carbocycles. The first-order valence-corrected chi connectivity index (χ1v) is 8.46. The fourth-order valence-electron chi connectivity index (χ4n) is 2.38. The number of hydrogen-bond acceptors (Lipinski definition) is 4. The molecule has 0 aliphatic rings. The molecular weight excluding hydrogens is 374 g/mol. The van der Waals surface area contributed by atoms with Crippen molar-refractivity contribution in [3.63, 3.8) is 0 Å². The zero-order chi connectivity index (χ0) is 19.2. The molecule has 0 unspecified atom stereocenters. The van der Waals surface area contributed by atoms with Crippen LogP contribution in [-0.4, -0.2) is 22.4 Å². The Morgan fingerprint density at radius 2 is 1.89 bits per heavy atom. The van der Waals surface area contributed by atoms with Crippen LogP contribution in [0.4, 0.5) is 20.3 Å². The number of hydrogen-bond donors (Lipinski definition) is 2. The molecule has 3 aromatic rings. The lowest BCUT2D eigenvalue weighted by atomic mass is 10.1. The molecule has 1 amide bonds. The Morgan fingerprint density at radius 3 is 2.67 bits per heavy atom. The van der Waals surface area contributed by atoms with E-state index >= 15 is 0 Å². The number of nitrogens with one attached hydrogen (secondary N) is 2. The van der Waals surface area contributed by atoms with E-state index in [4.69, 9.17) is 11.6 Å². The number of carbonyl (C=O) groups excluding carboxylic acids is 1. The number of halogens is 3. The van der Waals surface area contributed by atoms with Gasteiger partial charge < -0.3 is 10.6 Å². The lowest BCUT2D eigenvalue weighted by molar-refractivity contribution is 0.0949. The number of benzene rings is 2. The molecule has 138 valence electrons. The Morgan fingerprint density at radius 1 is 1.04 bits per heavy atom. The molecule has 0 radical (unpaired) electrons. The summed E-state index contributed by atoms with van der Waals surface area (Å²) in [5, 5.41) is 6.21. The molecule has 0 aliphatic heterocycles. The molecule has 0 spiro atoms. The maximum Gasteiger partial charge on any atom is 0.270 e. The van der Waals surface area contributed by atoms with Crippen molar-refractivity contribution in [2.45, 2.75) is 6.42 Å². The van der Waals surface area contributed by atoms with Crippen LogP contribution in [-0.2, 0) is 6.42 Å². The van der Waals surface area contributed by atoms with Gasteiger partial charge in [-0.3, -0.25) is 4.79 Å². The lowest BCUT2D eigenvalue weighted by Gasteiger charge is -2.08. The summed E-state index contributed by atoms with van der Waals surface area (Å²) in [7, 11) is 0. The Hall–Kier alpha value is -3.06. The van der Waals surface area contributed by atoms with Crippen LogP contribution >= 0.6 is 11.6 Å². The number of anilines is 2. The number of nitrogens with zero attached hydrogens (tertiary/aromatic N) is 2. The summed E-state index contributed by atoms with van der Waals surface area (Å²) in [5.74, 6) is -2.00. The van der Waals surface area contributed by atoms with Crippen LogP contribution < -0.4 is 10.6 Å². The summed E-state index contributed by atoms with van der Waals surface area (Å²) < 4.78 is 26.3. The van der Waals surface area contributed by atoms with E-state index < -0.39 is 11.6 Å². The van der Waals surface area contributed by atoms with E-state index in [1.54, 1.807) is 6.07 Å². The molecule has 2 N–H and O–H groups in total. The molecular formula is C19H15ClF2N4O. The summed E-state index contributed by atoms with van der Waals surface area (Å²) in [6.07, 6.45) is 1.84. The summed E-state index contributed by atoms with van der Waals surface area (Å²) in [6, 6.07) is 12.2. The van der Waals surface area contributed by atoms with Crippen LogP contribution in [0.25, 0.3) is 0 Å². The first kappa shape index (κ1) is 18.7. The van der Waals surface area contributed by atoms with Crippen molar-refractivity contribution >= 4 is 29.0 Å². The molecule has 0 bridgehead atoms. The Kier molecular flexibility index (Phi) is 5.93. The predicted molar refractivity (Wildman–Crippen MR) is 99.2 cm³/mol. The van der Waals surface area contributed by atoms with Crippen molar-refractivity contribution in [1.82, 2.24) is 15.3 Å². The van der Waals surface area contributed by atoms with Crippen LogP contribution in [0.3, 0.4) is 0 Å². The van der Waals surface area contributed by atoms with Crippen molar-refractivity contribution in [2.24, 2.45) is 0 Å². The summed E-state index contributed by atoms with van der Waals surface area (Å²) in [6.45, 7) is 0.412. The third-order valence-electron chi connectivity index (χ3n) is 3.68. The van der Waals surface area contributed by atoms with Gasteiger partial charge in [-0.05, 0) is 36.2 Å².